The molecule has 0 unspecified atom stereocenters. The van der Waals surface area contributed by atoms with Crippen LogP contribution in [0.15, 0.2) is 36.7 Å². The highest BCUT2D eigenvalue weighted by Crippen LogP contribution is 2.11. The molecule has 0 aliphatic rings. The number of ketones is 1. The van der Waals surface area contributed by atoms with E-state index in [9.17, 15) is 14.4 Å². The first-order chi connectivity index (χ1) is 10.9. The second-order valence-corrected chi connectivity index (χ2v) is 4.92. The minimum absolute atomic E-state index is 0.00167. The van der Waals surface area contributed by atoms with E-state index in [0.717, 1.165) is 0 Å². The van der Waals surface area contributed by atoms with Gasteiger partial charge in [0, 0.05) is 31.3 Å². The Kier molecular flexibility index (Phi) is 7.32. The molecule has 0 aromatic heterocycles. The molecule has 1 rings (SSSR count). The molecule has 23 heavy (non-hydrogen) atoms. The number of carbonyl (C=O) groups is 3. The lowest BCUT2D eigenvalue weighted by Crippen LogP contribution is -2.37. The summed E-state index contributed by atoms with van der Waals surface area (Å²) in [6.07, 6.45) is 0.281. The van der Waals surface area contributed by atoms with Crippen LogP contribution in [0.1, 0.15) is 23.7 Å². The summed E-state index contributed by atoms with van der Waals surface area (Å²) in [5.74, 6) is -0.0860. The third kappa shape index (κ3) is 7.12. The zero-order chi connectivity index (χ0) is 17.2. The summed E-state index contributed by atoms with van der Waals surface area (Å²) in [6.45, 7) is 5.33. The molecule has 7 nitrogen and oxygen atoms in total. The van der Waals surface area contributed by atoms with Crippen molar-refractivity contribution in [3.05, 3.63) is 42.2 Å². The summed E-state index contributed by atoms with van der Waals surface area (Å²) >= 11 is 0. The third-order valence-electron chi connectivity index (χ3n) is 2.93. The maximum absolute atomic E-state index is 12.0. The maximum atomic E-state index is 12.0. The number of Topliss-reactive ketones (excluding diaryl/α,β-unsaturated/α-hetero) is 1. The molecule has 4 N–H and O–H groups in total. The minimum Gasteiger partial charge on any atom is -0.375 e. The van der Waals surface area contributed by atoms with Crippen molar-refractivity contribution < 1.29 is 14.4 Å². The number of rotatable bonds is 9. The number of nitrogens with one attached hydrogen (secondary N) is 4. The van der Waals surface area contributed by atoms with Crippen molar-refractivity contribution in [3.63, 3.8) is 0 Å². The van der Waals surface area contributed by atoms with Crippen LogP contribution in [0.2, 0.25) is 0 Å². The highest BCUT2D eigenvalue weighted by Gasteiger charge is 2.08. The summed E-state index contributed by atoms with van der Waals surface area (Å²) in [5, 5.41) is 10.9. The standard InChI is InChI=1S/C16H22N4O3/c1-11(21)7-8-18-15(22)10-19-16(23)13-5-4-6-14(9-13)20-12(2)17-3/h4-6,9,17,20H,2,7-8,10H2,1,3H3,(H,18,22)(H,19,23). The topological polar surface area (TPSA) is 99.3 Å². The molecule has 0 radical (unpaired) electrons. The van der Waals surface area contributed by atoms with E-state index in [0.29, 0.717) is 17.1 Å². The van der Waals surface area contributed by atoms with Crippen LogP contribution >= 0.6 is 0 Å². The van der Waals surface area contributed by atoms with Crippen LogP contribution in [0, 0.1) is 0 Å². The van der Waals surface area contributed by atoms with Crippen LogP contribution in [0.4, 0.5) is 5.69 Å². The van der Waals surface area contributed by atoms with Crippen molar-refractivity contribution in [1.82, 2.24) is 16.0 Å². The fraction of sp³-hybridized carbons (Fsp3) is 0.312. The van der Waals surface area contributed by atoms with Gasteiger partial charge in [-0.25, -0.2) is 0 Å². The van der Waals surface area contributed by atoms with E-state index in [1.807, 2.05) is 0 Å². The molecule has 0 spiro atoms. The summed E-state index contributed by atoms with van der Waals surface area (Å²) in [6, 6.07) is 6.84. The largest absolute Gasteiger partial charge is 0.375 e. The molecule has 0 bridgehead atoms. The normalized spacial score (nSPS) is 9.65. The van der Waals surface area contributed by atoms with Gasteiger partial charge in [-0.2, -0.15) is 0 Å². The quantitative estimate of drug-likeness (QED) is 0.535. The second-order valence-electron chi connectivity index (χ2n) is 4.92. The summed E-state index contributed by atoms with van der Waals surface area (Å²) in [7, 11) is 1.73. The van der Waals surface area contributed by atoms with Gasteiger partial charge in [-0.05, 0) is 25.1 Å². The first-order valence-corrected chi connectivity index (χ1v) is 7.20. The first kappa shape index (κ1) is 18.2. The van der Waals surface area contributed by atoms with Gasteiger partial charge in [0.05, 0.1) is 12.4 Å². The van der Waals surface area contributed by atoms with E-state index in [1.54, 1.807) is 31.3 Å². The van der Waals surface area contributed by atoms with Crippen molar-refractivity contribution >= 4 is 23.3 Å². The molecule has 0 atom stereocenters. The van der Waals surface area contributed by atoms with Gasteiger partial charge in [-0.1, -0.05) is 12.6 Å². The Hall–Kier alpha value is -2.83. The number of anilines is 1. The molecule has 0 saturated heterocycles. The number of hydrogen-bond acceptors (Lipinski definition) is 5. The third-order valence-corrected chi connectivity index (χ3v) is 2.93. The van der Waals surface area contributed by atoms with Gasteiger partial charge in [0.2, 0.25) is 5.91 Å². The van der Waals surface area contributed by atoms with Crippen LogP contribution in [0.3, 0.4) is 0 Å². The Bertz CT molecular complexity index is 599. The summed E-state index contributed by atoms with van der Waals surface area (Å²) in [5.41, 5.74) is 1.14. The Morgan fingerprint density at radius 1 is 1.17 bits per heavy atom. The Balaban J connectivity index is 2.48. The Morgan fingerprint density at radius 3 is 2.57 bits per heavy atom. The fourth-order valence-corrected chi connectivity index (χ4v) is 1.68. The van der Waals surface area contributed by atoms with Crippen LogP contribution in [-0.4, -0.2) is 37.7 Å². The predicted octanol–water partition coefficient (Wildman–Crippen LogP) is 0.614. The Morgan fingerprint density at radius 2 is 1.91 bits per heavy atom. The zero-order valence-electron chi connectivity index (χ0n) is 13.4. The second kappa shape index (κ2) is 9.24. The predicted molar refractivity (Wildman–Crippen MR) is 88.9 cm³/mol. The van der Waals surface area contributed by atoms with Crippen LogP contribution in [-0.2, 0) is 9.59 Å². The molecule has 1 aromatic rings. The molecule has 2 amide bonds. The van der Waals surface area contributed by atoms with Gasteiger partial charge >= 0.3 is 0 Å². The zero-order valence-corrected chi connectivity index (χ0v) is 13.4. The van der Waals surface area contributed by atoms with Gasteiger partial charge in [-0.15, -0.1) is 0 Å². The molecular weight excluding hydrogens is 296 g/mol. The molecule has 1 aromatic carbocycles. The van der Waals surface area contributed by atoms with E-state index in [4.69, 9.17) is 0 Å². The van der Waals surface area contributed by atoms with Crippen LogP contribution in [0.25, 0.3) is 0 Å². The Labute approximate surface area is 135 Å². The van der Waals surface area contributed by atoms with Crippen molar-refractivity contribution in [1.29, 1.82) is 0 Å². The van der Waals surface area contributed by atoms with Crippen molar-refractivity contribution in [2.45, 2.75) is 13.3 Å². The van der Waals surface area contributed by atoms with Gasteiger partial charge in [0.1, 0.15) is 5.78 Å². The molecule has 124 valence electrons. The lowest BCUT2D eigenvalue weighted by atomic mass is 10.2. The van der Waals surface area contributed by atoms with Crippen molar-refractivity contribution in [2.24, 2.45) is 0 Å². The number of benzene rings is 1. The van der Waals surface area contributed by atoms with E-state index in [1.165, 1.54) is 6.92 Å². The lowest BCUT2D eigenvalue weighted by molar-refractivity contribution is -0.120. The minimum atomic E-state index is -0.356. The highest BCUT2D eigenvalue weighted by molar-refractivity contribution is 5.97. The van der Waals surface area contributed by atoms with E-state index in [2.05, 4.69) is 27.8 Å². The van der Waals surface area contributed by atoms with Gasteiger partial charge < -0.3 is 21.3 Å². The molecule has 0 aliphatic carbocycles. The molecule has 0 fully saturated rings. The molecular formula is C16H22N4O3. The number of amides is 2. The van der Waals surface area contributed by atoms with E-state index in [-0.39, 0.29) is 37.1 Å². The monoisotopic (exact) mass is 318 g/mol. The maximum Gasteiger partial charge on any atom is 0.251 e. The average molecular weight is 318 g/mol. The molecule has 0 saturated carbocycles. The average Bonchev–Trinajstić information content (AvgIpc) is 2.52. The van der Waals surface area contributed by atoms with Gasteiger partial charge in [0.25, 0.3) is 5.91 Å². The van der Waals surface area contributed by atoms with Crippen molar-refractivity contribution in [3.8, 4) is 0 Å². The van der Waals surface area contributed by atoms with Crippen molar-refractivity contribution in [2.75, 3.05) is 25.5 Å². The number of hydrogen-bond donors (Lipinski definition) is 4. The van der Waals surface area contributed by atoms with E-state index < -0.39 is 0 Å². The van der Waals surface area contributed by atoms with Gasteiger partial charge in [-0.3, -0.25) is 14.4 Å². The highest BCUT2D eigenvalue weighted by atomic mass is 16.2. The van der Waals surface area contributed by atoms with Crippen LogP contribution < -0.4 is 21.3 Å². The van der Waals surface area contributed by atoms with E-state index >= 15 is 0 Å². The summed E-state index contributed by atoms with van der Waals surface area (Å²) in [4.78, 5) is 34.3. The lowest BCUT2D eigenvalue weighted by Gasteiger charge is -2.10. The summed E-state index contributed by atoms with van der Waals surface area (Å²) < 4.78 is 0. The fourth-order valence-electron chi connectivity index (χ4n) is 1.68. The first-order valence-electron chi connectivity index (χ1n) is 7.20. The molecule has 0 aliphatic heterocycles. The SMILES string of the molecule is C=C(NC)Nc1cccc(C(=O)NCC(=O)NCCC(C)=O)c1. The smallest absolute Gasteiger partial charge is 0.251 e. The molecule has 7 heteroatoms. The number of carbonyl (C=O) groups excluding carboxylic acids is 3. The van der Waals surface area contributed by atoms with Gasteiger partial charge in [0.15, 0.2) is 0 Å². The van der Waals surface area contributed by atoms with Crippen LogP contribution in [0.5, 0.6) is 0 Å². The molecule has 0 heterocycles.